The van der Waals surface area contributed by atoms with Gasteiger partial charge in [-0.15, -0.1) is 0 Å². The Bertz CT molecular complexity index is 2320. The molecular formula is C44H34N4O. The number of aromatic nitrogens is 2. The van der Waals surface area contributed by atoms with Crippen molar-refractivity contribution in [1.29, 1.82) is 0 Å². The maximum Gasteiger partial charge on any atom is 0.215 e. The molecule has 1 aliphatic rings. The van der Waals surface area contributed by atoms with E-state index in [9.17, 15) is 4.79 Å². The molecule has 0 unspecified atom stereocenters. The number of carbonyl (C=O) groups excluding carboxylic acids is 1. The van der Waals surface area contributed by atoms with Crippen molar-refractivity contribution in [1.82, 2.24) is 14.9 Å². The minimum atomic E-state index is -0.294. The third-order valence-corrected chi connectivity index (χ3v) is 9.37. The number of amidine groups is 1. The zero-order valence-electron chi connectivity index (χ0n) is 27.4. The van der Waals surface area contributed by atoms with Crippen LogP contribution in [0.15, 0.2) is 157 Å². The molecule has 0 saturated heterocycles. The van der Waals surface area contributed by atoms with Crippen LogP contribution >= 0.6 is 0 Å². The topological polar surface area (TPSA) is 58.5 Å². The highest BCUT2D eigenvalue weighted by atomic mass is 16.1. The molecule has 1 aliphatic heterocycles. The summed E-state index contributed by atoms with van der Waals surface area (Å²) < 4.78 is 0. The monoisotopic (exact) mass is 634 g/mol. The normalized spacial score (nSPS) is 15.7. The third-order valence-electron chi connectivity index (χ3n) is 9.37. The molecule has 0 N–H and O–H groups in total. The lowest BCUT2D eigenvalue weighted by Gasteiger charge is -2.26. The van der Waals surface area contributed by atoms with Crippen LogP contribution in [0.3, 0.4) is 0 Å². The molecule has 8 rings (SSSR count). The van der Waals surface area contributed by atoms with Gasteiger partial charge in [-0.3, -0.25) is 19.7 Å². The molecule has 0 saturated carbocycles. The van der Waals surface area contributed by atoms with Crippen LogP contribution in [0.1, 0.15) is 39.9 Å². The van der Waals surface area contributed by atoms with Crippen molar-refractivity contribution in [2.45, 2.75) is 25.9 Å². The van der Waals surface area contributed by atoms with E-state index in [1.54, 1.807) is 4.90 Å². The van der Waals surface area contributed by atoms with Crippen LogP contribution in [0, 0.1) is 13.8 Å². The average Bonchev–Trinajstić information content (AvgIpc) is 3.55. The zero-order chi connectivity index (χ0) is 33.3. The number of carbonyl (C=O) groups is 1. The molecule has 0 radical (unpaired) electrons. The van der Waals surface area contributed by atoms with Gasteiger partial charge in [0, 0.05) is 22.3 Å². The predicted molar refractivity (Wildman–Crippen MR) is 198 cm³/mol. The van der Waals surface area contributed by atoms with Gasteiger partial charge in [0.15, 0.2) is 0 Å². The average molecular weight is 635 g/mol. The summed E-state index contributed by atoms with van der Waals surface area (Å²) in [6, 6.07) is 49.2. The van der Waals surface area contributed by atoms with Crippen LogP contribution in [0.25, 0.3) is 44.5 Å². The lowest BCUT2D eigenvalue weighted by Crippen LogP contribution is -2.31. The fourth-order valence-corrected chi connectivity index (χ4v) is 6.84. The van der Waals surface area contributed by atoms with Crippen molar-refractivity contribution in [3.63, 3.8) is 0 Å². The van der Waals surface area contributed by atoms with Gasteiger partial charge in [-0.25, -0.2) is 4.98 Å². The molecule has 1 amide bonds. The number of aryl methyl sites for hydroxylation is 2. The minimum absolute atomic E-state index is 0.273. The van der Waals surface area contributed by atoms with Crippen LogP contribution in [0.4, 0.5) is 0 Å². The van der Waals surface area contributed by atoms with Gasteiger partial charge in [0.2, 0.25) is 6.41 Å². The van der Waals surface area contributed by atoms with Crippen LogP contribution in [0.2, 0.25) is 0 Å². The summed E-state index contributed by atoms with van der Waals surface area (Å²) in [5.41, 5.74) is 12.7. The maximum absolute atomic E-state index is 13.0. The van der Waals surface area contributed by atoms with Crippen LogP contribution in [-0.2, 0) is 4.79 Å². The second-order valence-corrected chi connectivity index (χ2v) is 12.6. The van der Waals surface area contributed by atoms with Crippen molar-refractivity contribution in [3.8, 4) is 33.5 Å². The van der Waals surface area contributed by atoms with E-state index >= 15 is 0 Å². The Morgan fingerprint density at radius 1 is 0.551 bits per heavy atom. The lowest BCUT2D eigenvalue weighted by molar-refractivity contribution is -0.116. The second-order valence-electron chi connectivity index (χ2n) is 12.6. The Morgan fingerprint density at radius 2 is 1.08 bits per heavy atom. The van der Waals surface area contributed by atoms with E-state index in [0.29, 0.717) is 11.5 Å². The van der Waals surface area contributed by atoms with Crippen molar-refractivity contribution in [3.05, 3.63) is 180 Å². The molecule has 7 aromatic rings. The van der Waals surface area contributed by atoms with E-state index in [1.165, 1.54) is 11.1 Å². The SMILES string of the molecule is Cc1ccc(-c2ccc(-c3ccc(C)cc3)c3nc(-c4ccccc4C4=N[C@@H](c5ccccc5)[C@H](c5ccccc5)N4C=O)cnc23)cc1. The number of hydrogen-bond donors (Lipinski definition) is 0. The molecular weight excluding hydrogens is 601 g/mol. The fraction of sp³-hybridized carbons (Fsp3) is 0.0909. The number of fused-ring (bicyclic) bond motifs is 1. The summed E-state index contributed by atoms with van der Waals surface area (Å²) >= 11 is 0. The lowest BCUT2D eigenvalue weighted by atomic mass is 9.94. The first-order chi connectivity index (χ1) is 24.1. The smallest absolute Gasteiger partial charge is 0.215 e. The van der Waals surface area contributed by atoms with Crippen molar-refractivity contribution >= 4 is 23.3 Å². The summed E-state index contributed by atoms with van der Waals surface area (Å²) in [4.78, 5) is 30.5. The molecule has 0 spiro atoms. The highest BCUT2D eigenvalue weighted by Gasteiger charge is 2.39. The van der Waals surface area contributed by atoms with Gasteiger partial charge < -0.3 is 0 Å². The largest absolute Gasteiger partial charge is 0.289 e. The van der Waals surface area contributed by atoms with Crippen LogP contribution < -0.4 is 0 Å². The Labute approximate surface area is 286 Å². The van der Waals surface area contributed by atoms with E-state index in [0.717, 1.165) is 62.0 Å². The Kier molecular flexibility index (Phi) is 7.86. The number of hydrogen-bond acceptors (Lipinski definition) is 4. The maximum atomic E-state index is 13.0. The molecule has 49 heavy (non-hydrogen) atoms. The Hall–Kier alpha value is -6.20. The number of benzene rings is 6. The third kappa shape index (κ3) is 5.59. The van der Waals surface area contributed by atoms with Gasteiger partial charge in [-0.2, -0.15) is 0 Å². The first-order valence-corrected chi connectivity index (χ1v) is 16.5. The summed E-state index contributed by atoms with van der Waals surface area (Å²) in [5, 5.41) is 0. The number of nitrogens with zero attached hydrogens (tertiary/aromatic N) is 4. The minimum Gasteiger partial charge on any atom is -0.289 e. The first kappa shape index (κ1) is 30.2. The molecule has 1 aromatic heterocycles. The van der Waals surface area contributed by atoms with E-state index in [1.807, 2.05) is 66.9 Å². The highest BCUT2D eigenvalue weighted by molar-refractivity contribution is 6.10. The van der Waals surface area contributed by atoms with E-state index < -0.39 is 0 Å². The molecule has 6 aromatic carbocycles. The Morgan fingerprint density at radius 3 is 1.67 bits per heavy atom. The van der Waals surface area contributed by atoms with Crippen LogP contribution in [-0.4, -0.2) is 27.1 Å². The van der Waals surface area contributed by atoms with E-state index in [-0.39, 0.29) is 12.1 Å². The number of aliphatic imine (C=N–C) groups is 1. The quantitative estimate of drug-likeness (QED) is 0.164. The van der Waals surface area contributed by atoms with Crippen molar-refractivity contribution < 1.29 is 4.79 Å². The van der Waals surface area contributed by atoms with Gasteiger partial charge >= 0.3 is 0 Å². The molecule has 236 valence electrons. The van der Waals surface area contributed by atoms with Gasteiger partial charge in [-0.05, 0) is 36.1 Å². The highest BCUT2D eigenvalue weighted by Crippen LogP contribution is 2.44. The molecule has 0 bridgehead atoms. The molecule has 2 atom stereocenters. The van der Waals surface area contributed by atoms with Crippen molar-refractivity contribution in [2.24, 2.45) is 4.99 Å². The summed E-state index contributed by atoms with van der Waals surface area (Å²) in [5.74, 6) is 0.613. The molecule has 5 nitrogen and oxygen atoms in total. The number of amides is 1. The zero-order valence-corrected chi connectivity index (χ0v) is 27.4. The van der Waals surface area contributed by atoms with Gasteiger partial charge in [0.25, 0.3) is 0 Å². The molecule has 0 aliphatic carbocycles. The van der Waals surface area contributed by atoms with Crippen LogP contribution in [0.5, 0.6) is 0 Å². The summed E-state index contributed by atoms with van der Waals surface area (Å²) in [6.45, 7) is 4.19. The fourth-order valence-electron chi connectivity index (χ4n) is 6.84. The van der Waals surface area contributed by atoms with Gasteiger partial charge in [0.1, 0.15) is 11.9 Å². The van der Waals surface area contributed by atoms with Gasteiger partial charge in [0.05, 0.1) is 29.0 Å². The standard InChI is InChI=1S/C44H34N4O/c1-29-17-21-31(22-18-29)35-25-26-36(32-23-19-30(2)20-24-32)42-41(35)45-27-39(46-42)37-15-9-10-16-38(37)44-47-40(33-11-5-3-6-12-33)43(48(44)28-49)34-13-7-4-8-14-34/h3-28,40,43H,1-2H3/t40-,43-/m0/s1. The van der Waals surface area contributed by atoms with Gasteiger partial charge in [-0.1, -0.05) is 157 Å². The summed E-state index contributed by atoms with van der Waals surface area (Å²) in [7, 11) is 0. The summed E-state index contributed by atoms with van der Waals surface area (Å²) in [6.07, 6.45) is 2.76. The second kappa shape index (κ2) is 12.8. The first-order valence-electron chi connectivity index (χ1n) is 16.5. The van der Waals surface area contributed by atoms with E-state index in [4.69, 9.17) is 15.0 Å². The van der Waals surface area contributed by atoms with E-state index in [2.05, 4.69) is 98.8 Å². The predicted octanol–water partition coefficient (Wildman–Crippen LogP) is 9.95. The molecule has 2 heterocycles. The number of rotatable bonds is 7. The molecule has 0 fully saturated rings. The van der Waals surface area contributed by atoms with Crippen molar-refractivity contribution in [2.75, 3.05) is 0 Å². The molecule has 5 heteroatoms. The Balaban J connectivity index is 1.31.